The fourth-order valence-electron chi connectivity index (χ4n) is 1.04. The summed E-state index contributed by atoms with van der Waals surface area (Å²) in [6, 6.07) is 0. The second kappa shape index (κ2) is 5.05. The fraction of sp³-hybridized carbons (Fsp3) is 0.727. The van der Waals surface area contributed by atoms with Crippen LogP contribution in [-0.4, -0.2) is 12.8 Å². The normalized spacial score (nSPS) is 14.6. The molecule has 2 heteroatoms. The van der Waals surface area contributed by atoms with Crippen LogP contribution in [0.4, 0.5) is 0 Å². The molecule has 0 radical (unpaired) electrons. The van der Waals surface area contributed by atoms with Crippen molar-refractivity contribution in [3.63, 3.8) is 0 Å². The van der Waals surface area contributed by atoms with Crippen molar-refractivity contribution in [3.8, 4) is 0 Å². The van der Waals surface area contributed by atoms with E-state index in [1.165, 1.54) is 5.71 Å². The third kappa shape index (κ3) is 4.71. The Morgan fingerprint density at radius 3 is 2.23 bits per heavy atom. The van der Waals surface area contributed by atoms with Crippen molar-refractivity contribution in [2.75, 3.05) is 7.11 Å². The SMILES string of the molecule is CC/C(=N\C=C(/C)OC)C(C)(C)C. The molecule has 13 heavy (non-hydrogen) atoms. The van der Waals surface area contributed by atoms with Crippen molar-refractivity contribution in [1.29, 1.82) is 0 Å². The number of ether oxygens (including phenoxy) is 1. The molecule has 0 saturated heterocycles. The molecule has 0 aromatic carbocycles. The Hall–Kier alpha value is -0.790. The van der Waals surface area contributed by atoms with Gasteiger partial charge in [0.15, 0.2) is 0 Å². The molecule has 0 saturated carbocycles. The van der Waals surface area contributed by atoms with Crippen LogP contribution in [0.15, 0.2) is 17.0 Å². The van der Waals surface area contributed by atoms with E-state index in [1.807, 2.05) is 6.92 Å². The van der Waals surface area contributed by atoms with E-state index in [0.29, 0.717) is 0 Å². The predicted octanol–water partition coefficient (Wildman–Crippen LogP) is 3.39. The molecule has 0 unspecified atom stereocenters. The first-order valence-corrected chi connectivity index (χ1v) is 4.69. The number of nitrogens with zero attached hydrogens (tertiary/aromatic N) is 1. The van der Waals surface area contributed by atoms with Gasteiger partial charge in [-0.15, -0.1) is 0 Å². The molecule has 0 aromatic heterocycles. The van der Waals surface area contributed by atoms with E-state index in [-0.39, 0.29) is 5.41 Å². The van der Waals surface area contributed by atoms with Crippen molar-refractivity contribution in [1.82, 2.24) is 0 Å². The number of methoxy groups -OCH3 is 1. The maximum atomic E-state index is 5.01. The number of aliphatic imine (C=N–C) groups is 1. The van der Waals surface area contributed by atoms with Crippen LogP contribution < -0.4 is 0 Å². The van der Waals surface area contributed by atoms with E-state index in [1.54, 1.807) is 13.3 Å². The minimum atomic E-state index is 0.152. The highest BCUT2D eigenvalue weighted by Gasteiger charge is 2.16. The van der Waals surface area contributed by atoms with Gasteiger partial charge in [-0.1, -0.05) is 27.7 Å². The molecular formula is C11H21NO. The van der Waals surface area contributed by atoms with E-state index in [9.17, 15) is 0 Å². The summed E-state index contributed by atoms with van der Waals surface area (Å²) >= 11 is 0. The zero-order chi connectivity index (χ0) is 10.5. The van der Waals surface area contributed by atoms with Gasteiger partial charge in [0.25, 0.3) is 0 Å². The fourth-order valence-corrected chi connectivity index (χ4v) is 1.04. The molecule has 0 fully saturated rings. The lowest BCUT2D eigenvalue weighted by Gasteiger charge is -2.19. The van der Waals surface area contributed by atoms with E-state index in [4.69, 9.17) is 4.74 Å². The molecule has 76 valence electrons. The number of hydrogen-bond acceptors (Lipinski definition) is 2. The average Bonchev–Trinajstić information content (AvgIpc) is 2.02. The molecule has 0 amide bonds. The molecule has 0 aromatic rings. The van der Waals surface area contributed by atoms with Crippen molar-refractivity contribution in [2.45, 2.75) is 41.0 Å². The highest BCUT2D eigenvalue weighted by molar-refractivity contribution is 5.89. The Bertz CT molecular complexity index is 209. The van der Waals surface area contributed by atoms with E-state index in [2.05, 4.69) is 32.7 Å². The summed E-state index contributed by atoms with van der Waals surface area (Å²) in [4.78, 5) is 4.41. The summed E-state index contributed by atoms with van der Waals surface area (Å²) in [5.74, 6) is 0.843. The van der Waals surface area contributed by atoms with Gasteiger partial charge in [0, 0.05) is 11.1 Å². The van der Waals surface area contributed by atoms with Crippen LogP contribution in [0, 0.1) is 5.41 Å². The second-order valence-electron chi connectivity index (χ2n) is 4.12. The molecule has 0 atom stereocenters. The summed E-state index contributed by atoms with van der Waals surface area (Å²) in [5, 5.41) is 0. The average molecular weight is 183 g/mol. The number of allylic oxidation sites excluding steroid dienone is 1. The summed E-state index contributed by atoms with van der Waals surface area (Å²) in [6.07, 6.45) is 2.76. The Kier molecular flexibility index (Phi) is 4.74. The van der Waals surface area contributed by atoms with Gasteiger partial charge < -0.3 is 4.74 Å². The van der Waals surface area contributed by atoms with Crippen LogP contribution in [0.1, 0.15) is 41.0 Å². The summed E-state index contributed by atoms with van der Waals surface area (Å²) in [5.41, 5.74) is 1.35. The van der Waals surface area contributed by atoms with Crippen LogP contribution >= 0.6 is 0 Å². The molecule has 0 heterocycles. The Morgan fingerprint density at radius 2 is 1.92 bits per heavy atom. The highest BCUT2D eigenvalue weighted by atomic mass is 16.5. The quantitative estimate of drug-likeness (QED) is 0.485. The predicted molar refractivity (Wildman–Crippen MR) is 57.9 cm³/mol. The minimum absolute atomic E-state index is 0.152. The van der Waals surface area contributed by atoms with Gasteiger partial charge in [0.05, 0.1) is 13.3 Å². The van der Waals surface area contributed by atoms with Gasteiger partial charge in [-0.25, -0.2) is 0 Å². The zero-order valence-corrected chi connectivity index (χ0v) is 9.64. The molecule has 0 spiro atoms. The first-order chi connectivity index (χ1) is 5.91. The zero-order valence-electron chi connectivity index (χ0n) is 9.64. The number of rotatable bonds is 3. The lowest BCUT2D eigenvalue weighted by atomic mass is 9.88. The Labute approximate surface area is 81.7 Å². The summed E-state index contributed by atoms with van der Waals surface area (Å²) in [6.45, 7) is 10.5. The van der Waals surface area contributed by atoms with Gasteiger partial charge in [0.2, 0.25) is 0 Å². The monoisotopic (exact) mass is 183 g/mol. The van der Waals surface area contributed by atoms with Crippen LogP contribution in [0.3, 0.4) is 0 Å². The summed E-state index contributed by atoms with van der Waals surface area (Å²) in [7, 11) is 1.66. The smallest absolute Gasteiger partial charge is 0.111 e. The molecule has 0 N–H and O–H groups in total. The highest BCUT2D eigenvalue weighted by Crippen LogP contribution is 2.18. The van der Waals surface area contributed by atoms with E-state index in [0.717, 1.165) is 12.2 Å². The topological polar surface area (TPSA) is 21.6 Å². The lowest BCUT2D eigenvalue weighted by Crippen LogP contribution is -2.18. The Balaban J connectivity index is 4.59. The van der Waals surface area contributed by atoms with Crippen molar-refractivity contribution in [2.24, 2.45) is 10.4 Å². The molecule has 2 nitrogen and oxygen atoms in total. The molecular weight excluding hydrogens is 162 g/mol. The van der Waals surface area contributed by atoms with Crippen molar-refractivity contribution in [3.05, 3.63) is 12.0 Å². The van der Waals surface area contributed by atoms with Crippen LogP contribution in [-0.2, 0) is 4.74 Å². The summed E-state index contributed by atoms with van der Waals surface area (Å²) < 4.78 is 5.01. The van der Waals surface area contributed by atoms with E-state index < -0.39 is 0 Å². The van der Waals surface area contributed by atoms with Gasteiger partial charge >= 0.3 is 0 Å². The van der Waals surface area contributed by atoms with Crippen LogP contribution in [0.2, 0.25) is 0 Å². The van der Waals surface area contributed by atoms with Gasteiger partial charge in [-0.05, 0) is 13.3 Å². The van der Waals surface area contributed by atoms with E-state index >= 15 is 0 Å². The molecule has 0 aliphatic rings. The maximum absolute atomic E-state index is 5.01. The van der Waals surface area contributed by atoms with Gasteiger partial charge in [-0.2, -0.15) is 0 Å². The lowest BCUT2D eigenvalue weighted by molar-refractivity contribution is 0.292. The number of hydrogen-bond donors (Lipinski definition) is 0. The molecule has 0 aliphatic heterocycles. The minimum Gasteiger partial charge on any atom is -0.500 e. The van der Waals surface area contributed by atoms with Crippen LogP contribution in [0.25, 0.3) is 0 Å². The Morgan fingerprint density at radius 1 is 1.38 bits per heavy atom. The van der Waals surface area contributed by atoms with Crippen molar-refractivity contribution < 1.29 is 4.74 Å². The first kappa shape index (κ1) is 12.2. The largest absolute Gasteiger partial charge is 0.500 e. The third-order valence-electron chi connectivity index (χ3n) is 1.92. The van der Waals surface area contributed by atoms with Crippen LogP contribution in [0.5, 0.6) is 0 Å². The molecule has 0 bridgehead atoms. The van der Waals surface area contributed by atoms with Gasteiger partial charge in [-0.3, -0.25) is 4.99 Å². The standard InChI is InChI=1S/C11H21NO/c1-7-10(11(3,4)5)12-8-9(2)13-6/h8H,7H2,1-6H3/b9-8+,12-10+. The molecule has 0 aliphatic carbocycles. The first-order valence-electron chi connectivity index (χ1n) is 4.69. The van der Waals surface area contributed by atoms with Gasteiger partial charge in [0.1, 0.15) is 5.76 Å². The second-order valence-corrected chi connectivity index (χ2v) is 4.12. The third-order valence-corrected chi connectivity index (χ3v) is 1.92. The molecule has 0 rings (SSSR count). The van der Waals surface area contributed by atoms with Crippen molar-refractivity contribution >= 4 is 5.71 Å². The maximum Gasteiger partial charge on any atom is 0.111 e.